The quantitative estimate of drug-likeness (QED) is 0.468. The Labute approximate surface area is 147 Å². The maximum absolute atomic E-state index is 11.9. The van der Waals surface area contributed by atoms with E-state index in [1.54, 1.807) is 12.1 Å². The Morgan fingerprint density at radius 1 is 1.22 bits per heavy atom. The Morgan fingerprint density at radius 2 is 2.09 bits per heavy atom. The molecule has 0 aliphatic carbocycles. The van der Waals surface area contributed by atoms with Crippen LogP contribution in [0.4, 0.5) is 0 Å². The topological polar surface area (TPSA) is 42.1 Å². The second-order valence-corrected chi connectivity index (χ2v) is 6.61. The van der Waals surface area contributed by atoms with Gasteiger partial charge in [0.05, 0.1) is 12.2 Å². The van der Waals surface area contributed by atoms with Gasteiger partial charge in [-0.25, -0.2) is 4.79 Å². The summed E-state index contributed by atoms with van der Waals surface area (Å²) in [5, 5.41) is 1.84. The SMILES string of the molecule is O=C(OCCCc1c[nH]c2ccc(Cl)cc12)c1cccc(Br)c1. The molecule has 1 aromatic heterocycles. The van der Waals surface area contributed by atoms with Gasteiger partial charge < -0.3 is 9.72 Å². The number of halogens is 2. The van der Waals surface area contributed by atoms with Crippen molar-refractivity contribution in [2.75, 3.05) is 6.61 Å². The van der Waals surface area contributed by atoms with E-state index in [1.807, 2.05) is 36.5 Å². The zero-order valence-corrected chi connectivity index (χ0v) is 14.7. The number of fused-ring (bicyclic) bond motifs is 1. The van der Waals surface area contributed by atoms with E-state index in [4.69, 9.17) is 16.3 Å². The van der Waals surface area contributed by atoms with Crippen LogP contribution in [0, 0.1) is 0 Å². The fourth-order valence-corrected chi connectivity index (χ4v) is 3.06. The summed E-state index contributed by atoms with van der Waals surface area (Å²) in [7, 11) is 0. The molecule has 0 saturated heterocycles. The van der Waals surface area contributed by atoms with Crippen molar-refractivity contribution in [3.8, 4) is 0 Å². The minimum atomic E-state index is -0.298. The van der Waals surface area contributed by atoms with Crippen LogP contribution in [-0.2, 0) is 11.2 Å². The zero-order chi connectivity index (χ0) is 16.2. The fraction of sp³-hybridized carbons (Fsp3) is 0.167. The molecule has 3 rings (SSSR count). The highest BCUT2D eigenvalue weighted by molar-refractivity contribution is 9.10. The Hall–Kier alpha value is -1.78. The van der Waals surface area contributed by atoms with E-state index in [2.05, 4.69) is 20.9 Å². The third-order valence-corrected chi connectivity index (χ3v) is 4.34. The average Bonchev–Trinajstić information content (AvgIpc) is 2.93. The van der Waals surface area contributed by atoms with Gasteiger partial charge >= 0.3 is 5.97 Å². The number of H-pyrrole nitrogens is 1. The van der Waals surface area contributed by atoms with Gasteiger partial charge in [-0.05, 0) is 54.8 Å². The van der Waals surface area contributed by atoms with Crippen molar-refractivity contribution >= 4 is 44.4 Å². The highest BCUT2D eigenvalue weighted by Crippen LogP contribution is 2.23. The normalized spacial score (nSPS) is 10.9. The maximum atomic E-state index is 11.9. The van der Waals surface area contributed by atoms with E-state index in [0.717, 1.165) is 33.2 Å². The van der Waals surface area contributed by atoms with E-state index < -0.39 is 0 Å². The number of hydrogen-bond donors (Lipinski definition) is 1. The lowest BCUT2D eigenvalue weighted by atomic mass is 10.1. The predicted molar refractivity (Wildman–Crippen MR) is 96.1 cm³/mol. The first-order chi connectivity index (χ1) is 11.1. The van der Waals surface area contributed by atoms with E-state index in [-0.39, 0.29) is 5.97 Å². The van der Waals surface area contributed by atoms with Gasteiger partial charge in [0.15, 0.2) is 0 Å². The van der Waals surface area contributed by atoms with Crippen LogP contribution in [0.1, 0.15) is 22.3 Å². The fourth-order valence-electron chi connectivity index (χ4n) is 2.48. The largest absolute Gasteiger partial charge is 0.462 e. The molecule has 1 N–H and O–H groups in total. The van der Waals surface area contributed by atoms with Crippen LogP contribution in [0.2, 0.25) is 5.02 Å². The number of carbonyl (C=O) groups is 1. The molecule has 0 bridgehead atoms. The Balaban J connectivity index is 1.55. The molecule has 23 heavy (non-hydrogen) atoms. The summed E-state index contributed by atoms with van der Waals surface area (Å²) in [6.07, 6.45) is 3.57. The lowest BCUT2D eigenvalue weighted by molar-refractivity contribution is 0.0500. The number of benzene rings is 2. The number of carbonyl (C=O) groups excluding carboxylic acids is 1. The summed E-state index contributed by atoms with van der Waals surface area (Å²) in [5.74, 6) is -0.298. The van der Waals surface area contributed by atoms with Gasteiger partial charge in [0, 0.05) is 26.6 Å². The number of nitrogens with one attached hydrogen (secondary N) is 1. The van der Waals surface area contributed by atoms with Gasteiger partial charge in [0.2, 0.25) is 0 Å². The number of hydrogen-bond acceptors (Lipinski definition) is 2. The van der Waals surface area contributed by atoms with Crippen molar-refractivity contribution in [3.05, 3.63) is 69.3 Å². The molecule has 0 aliphatic heterocycles. The van der Waals surface area contributed by atoms with E-state index in [9.17, 15) is 4.79 Å². The van der Waals surface area contributed by atoms with Crippen LogP contribution < -0.4 is 0 Å². The molecular weight excluding hydrogens is 378 g/mol. The highest BCUT2D eigenvalue weighted by atomic mass is 79.9. The monoisotopic (exact) mass is 391 g/mol. The molecule has 118 valence electrons. The summed E-state index contributed by atoms with van der Waals surface area (Å²) >= 11 is 9.39. The van der Waals surface area contributed by atoms with Crippen molar-refractivity contribution in [1.82, 2.24) is 4.98 Å². The number of ether oxygens (including phenoxy) is 1. The van der Waals surface area contributed by atoms with Crippen LogP contribution in [0.3, 0.4) is 0 Å². The number of aromatic nitrogens is 1. The molecule has 1 heterocycles. The standard InChI is InChI=1S/C18H15BrClNO2/c19-14-5-1-3-12(9-14)18(22)23-8-2-4-13-11-21-17-7-6-15(20)10-16(13)17/h1,3,5-7,9-11,21H,2,4,8H2. The number of aromatic amines is 1. The molecule has 3 aromatic rings. The summed E-state index contributed by atoms with van der Waals surface area (Å²) in [4.78, 5) is 15.2. The van der Waals surface area contributed by atoms with Crippen molar-refractivity contribution in [1.29, 1.82) is 0 Å². The van der Waals surface area contributed by atoms with E-state index in [1.165, 1.54) is 5.56 Å². The second kappa shape index (κ2) is 7.20. The van der Waals surface area contributed by atoms with Crippen molar-refractivity contribution < 1.29 is 9.53 Å². The third kappa shape index (κ3) is 3.95. The Kier molecular flexibility index (Phi) is 5.03. The predicted octanol–water partition coefficient (Wildman–Crippen LogP) is 5.37. The average molecular weight is 393 g/mol. The van der Waals surface area contributed by atoms with Gasteiger partial charge in [0.25, 0.3) is 0 Å². The van der Waals surface area contributed by atoms with E-state index in [0.29, 0.717) is 12.2 Å². The van der Waals surface area contributed by atoms with Gasteiger partial charge in [-0.15, -0.1) is 0 Å². The molecule has 0 amide bonds. The van der Waals surface area contributed by atoms with Crippen molar-refractivity contribution in [2.24, 2.45) is 0 Å². The first kappa shape index (κ1) is 16.1. The summed E-state index contributed by atoms with van der Waals surface area (Å²) < 4.78 is 6.18. The molecule has 0 radical (unpaired) electrons. The molecule has 0 atom stereocenters. The first-order valence-electron chi connectivity index (χ1n) is 7.32. The van der Waals surface area contributed by atoms with Gasteiger partial charge in [-0.2, -0.15) is 0 Å². The minimum Gasteiger partial charge on any atom is -0.462 e. The van der Waals surface area contributed by atoms with Crippen molar-refractivity contribution in [3.63, 3.8) is 0 Å². The van der Waals surface area contributed by atoms with Crippen LogP contribution in [0.5, 0.6) is 0 Å². The highest BCUT2D eigenvalue weighted by Gasteiger charge is 2.08. The van der Waals surface area contributed by atoms with Gasteiger partial charge in [-0.1, -0.05) is 33.6 Å². The van der Waals surface area contributed by atoms with Crippen LogP contribution >= 0.6 is 27.5 Å². The first-order valence-corrected chi connectivity index (χ1v) is 8.49. The Bertz CT molecular complexity index is 844. The van der Waals surface area contributed by atoms with Crippen molar-refractivity contribution in [2.45, 2.75) is 12.8 Å². The minimum absolute atomic E-state index is 0.298. The second-order valence-electron chi connectivity index (χ2n) is 5.25. The molecule has 2 aromatic carbocycles. The molecule has 0 unspecified atom stereocenters. The summed E-state index contributed by atoms with van der Waals surface area (Å²) in [5.41, 5.74) is 2.80. The van der Waals surface area contributed by atoms with Crippen LogP contribution in [-0.4, -0.2) is 17.6 Å². The molecule has 3 nitrogen and oxygen atoms in total. The molecule has 0 fully saturated rings. The molecule has 5 heteroatoms. The lowest BCUT2D eigenvalue weighted by Gasteiger charge is -2.05. The smallest absolute Gasteiger partial charge is 0.338 e. The number of esters is 1. The molecule has 0 spiro atoms. The van der Waals surface area contributed by atoms with Crippen LogP contribution in [0.25, 0.3) is 10.9 Å². The molecular formula is C18H15BrClNO2. The van der Waals surface area contributed by atoms with Crippen LogP contribution in [0.15, 0.2) is 53.1 Å². The zero-order valence-electron chi connectivity index (χ0n) is 12.3. The van der Waals surface area contributed by atoms with E-state index >= 15 is 0 Å². The summed E-state index contributed by atoms with van der Waals surface area (Å²) in [6, 6.07) is 13.0. The lowest BCUT2D eigenvalue weighted by Crippen LogP contribution is -2.07. The third-order valence-electron chi connectivity index (χ3n) is 3.61. The van der Waals surface area contributed by atoms with Gasteiger partial charge in [0.1, 0.15) is 0 Å². The maximum Gasteiger partial charge on any atom is 0.338 e. The number of aryl methyl sites for hydroxylation is 1. The van der Waals surface area contributed by atoms with Gasteiger partial charge in [-0.3, -0.25) is 0 Å². The molecule has 0 saturated carbocycles. The molecule has 0 aliphatic rings. The Morgan fingerprint density at radius 3 is 2.91 bits per heavy atom. The number of rotatable bonds is 5. The summed E-state index contributed by atoms with van der Waals surface area (Å²) in [6.45, 7) is 0.387.